The van der Waals surface area contributed by atoms with Crippen LogP contribution >= 0.6 is 0 Å². The van der Waals surface area contributed by atoms with Crippen LogP contribution in [0.15, 0.2) is 0 Å². The van der Waals surface area contributed by atoms with Crippen molar-refractivity contribution in [1.82, 2.24) is 5.32 Å². The number of nitrogens with two attached hydrogens (primary N) is 1. The molecular formula is C14H26N2O3. The minimum Gasteiger partial charge on any atom is -0.382 e. The van der Waals surface area contributed by atoms with Crippen molar-refractivity contribution in [3.05, 3.63) is 0 Å². The number of hydrogen-bond acceptors (Lipinski definition) is 4. The van der Waals surface area contributed by atoms with Crippen LogP contribution in [0.25, 0.3) is 0 Å². The predicted molar refractivity (Wildman–Crippen MR) is 72.7 cm³/mol. The van der Waals surface area contributed by atoms with Gasteiger partial charge < -0.3 is 20.5 Å². The van der Waals surface area contributed by atoms with E-state index in [1.54, 1.807) is 7.11 Å². The van der Waals surface area contributed by atoms with E-state index in [9.17, 15) is 4.79 Å². The molecule has 0 aromatic carbocycles. The number of nitrogens with one attached hydrogen (secondary N) is 1. The van der Waals surface area contributed by atoms with Crippen LogP contribution in [-0.2, 0) is 14.3 Å². The summed E-state index contributed by atoms with van der Waals surface area (Å²) in [7, 11) is 1.66. The van der Waals surface area contributed by atoms with Crippen LogP contribution in [0, 0.1) is 5.92 Å². The summed E-state index contributed by atoms with van der Waals surface area (Å²) in [6.07, 6.45) is 6.26. The molecule has 2 unspecified atom stereocenters. The van der Waals surface area contributed by atoms with Crippen molar-refractivity contribution in [3.63, 3.8) is 0 Å². The van der Waals surface area contributed by atoms with Gasteiger partial charge in [0, 0.05) is 19.8 Å². The van der Waals surface area contributed by atoms with Gasteiger partial charge in [0.1, 0.15) is 5.54 Å². The Balaban J connectivity index is 1.84. The van der Waals surface area contributed by atoms with Gasteiger partial charge in [-0.3, -0.25) is 4.79 Å². The van der Waals surface area contributed by atoms with Crippen molar-refractivity contribution in [2.45, 2.75) is 50.1 Å². The summed E-state index contributed by atoms with van der Waals surface area (Å²) < 4.78 is 10.5. The highest BCUT2D eigenvalue weighted by molar-refractivity contribution is 5.85. The molecule has 2 saturated carbocycles. The fraction of sp³-hybridized carbons (Fsp3) is 0.929. The Morgan fingerprint density at radius 1 is 1.32 bits per heavy atom. The van der Waals surface area contributed by atoms with E-state index in [1.165, 1.54) is 12.8 Å². The number of methoxy groups -OCH3 is 1. The molecule has 5 nitrogen and oxygen atoms in total. The largest absolute Gasteiger partial charge is 0.382 e. The monoisotopic (exact) mass is 270 g/mol. The Morgan fingerprint density at radius 3 is 2.74 bits per heavy atom. The molecule has 0 heterocycles. The lowest BCUT2D eigenvalue weighted by molar-refractivity contribution is -0.126. The zero-order valence-corrected chi connectivity index (χ0v) is 11.8. The van der Waals surface area contributed by atoms with Gasteiger partial charge in [-0.25, -0.2) is 0 Å². The molecule has 2 atom stereocenters. The highest BCUT2D eigenvalue weighted by atomic mass is 16.5. The molecule has 2 aliphatic rings. The van der Waals surface area contributed by atoms with Gasteiger partial charge in [-0.1, -0.05) is 6.42 Å². The Kier molecular flexibility index (Phi) is 5.19. The fourth-order valence-corrected chi connectivity index (χ4v) is 3.12. The van der Waals surface area contributed by atoms with Crippen molar-refractivity contribution < 1.29 is 14.3 Å². The van der Waals surface area contributed by atoms with E-state index in [-0.39, 0.29) is 5.91 Å². The number of carbonyl (C=O) groups is 1. The summed E-state index contributed by atoms with van der Waals surface area (Å²) in [5.74, 6) is 0.131. The van der Waals surface area contributed by atoms with Gasteiger partial charge in [0.2, 0.25) is 5.91 Å². The third-order valence-electron chi connectivity index (χ3n) is 4.34. The molecular weight excluding hydrogens is 244 g/mol. The summed E-state index contributed by atoms with van der Waals surface area (Å²) in [6, 6.07) is 0.502. The zero-order chi connectivity index (χ0) is 13.7. The molecule has 2 fully saturated rings. The van der Waals surface area contributed by atoms with E-state index in [2.05, 4.69) is 5.32 Å². The third-order valence-corrected chi connectivity index (χ3v) is 4.34. The molecule has 2 rings (SSSR count). The first-order chi connectivity index (χ1) is 9.19. The molecule has 5 heteroatoms. The number of ether oxygens (including phenoxy) is 2. The quantitative estimate of drug-likeness (QED) is 0.608. The summed E-state index contributed by atoms with van der Waals surface area (Å²) in [4.78, 5) is 11.9. The maximum atomic E-state index is 11.9. The smallest absolute Gasteiger partial charge is 0.238 e. The highest BCUT2D eigenvalue weighted by Gasteiger charge is 2.49. The summed E-state index contributed by atoms with van der Waals surface area (Å²) in [6.45, 7) is 1.91. The second-order valence-corrected chi connectivity index (χ2v) is 5.74. The summed E-state index contributed by atoms with van der Waals surface area (Å²) in [5.41, 5.74) is 5.21. The van der Waals surface area contributed by atoms with Crippen LogP contribution < -0.4 is 11.1 Å². The molecule has 0 aliphatic heterocycles. The average molecular weight is 270 g/mol. The Bertz CT molecular complexity index is 307. The van der Waals surface area contributed by atoms with Crippen LogP contribution in [0.2, 0.25) is 0 Å². The van der Waals surface area contributed by atoms with Gasteiger partial charge in [-0.05, 0) is 38.0 Å². The van der Waals surface area contributed by atoms with Crippen molar-refractivity contribution in [2.24, 2.45) is 11.7 Å². The number of amides is 1. The highest BCUT2D eigenvalue weighted by Crippen LogP contribution is 2.40. The fourth-order valence-electron chi connectivity index (χ4n) is 3.12. The van der Waals surface area contributed by atoms with Crippen LogP contribution in [0.1, 0.15) is 38.5 Å². The lowest BCUT2D eigenvalue weighted by Gasteiger charge is -2.34. The molecule has 0 radical (unpaired) electrons. The molecule has 110 valence electrons. The van der Waals surface area contributed by atoms with Crippen LogP contribution in [0.4, 0.5) is 0 Å². The Morgan fingerprint density at radius 2 is 2.11 bits per heavy atom. The molecule has 3 N–H and O–H groups in total. The van der Waals surface area contributed by atoms with E-state index in [0.717, 1.165) is 25.7 Å². The first kappa shape index (κ1) is 14.8. The second-order valence-electron chi connectivity index (χ2n) is 5.74. The van der Waals surface area contributed by atoms with Gasteiger partial charge in [-0.15, -0.1) is 0 Å². The normalized spacial score (nSPS) is 30.7. The Hall–Kier alpha value is -0.650. The van der Waals surface area contributed by atoms with Crippen LogP contribution in [-0.4, -0.2) is 44.4 Å². The second kappa shape index (κ2) is 6.68. The minimum atomic E-state index is -0.480. The van der Waals surface area contributed by atoms with E-state index in [1.807, 2.05) is 0 Å². The van der Waals surface area contributed by atoms with Gasteiger partial charge in [0.05, 0.1) is 13.2 Å². The lowest BCUT2D eigenvalue weighted by Crippen LogP contribution is -2.58. The molecule has 1 amide bonds. The van der Waals surface area contributed by atoms with E-state index in [0.29, 0.717) is 31.8 Å². The van der Waals surface area contributed by atoms with Gasteiger partial charge in [-0.2, -0.15) is 0 Å². The molecule has 0 aromatic heterocycles. The van der Waals surface area contributed by atoms with E-state index in [4.69, 9.17) is 15.2 Å². The topological polar surface area (TPSA) is 73.6 Å². The summed E-state index contributed by atoms with van der Waals surface area (Å²) in [5, 5.41) is 3.51. The number of hydrogen-bond donors (Lipinski definition) is 2. The summed E-state index contributed by atoms with van der Waals surface area (Å²) >= 11 is 0. The lowest BCUT2D eigenvalue weighted by atomic mass is 9.84. The SMILES string of the molecule is COCCOCCC1CCCC1(NC1CC1)C(N)=O. The van der Waals surface area contributed by atoms with Crippen LogP contribution in [0.5, 0.6) is 0 Å². The standard InChI is InChI=1S/C14H26N2O3/c1-18-9-10-19-8-6-11-3-2-7-14(11,13(15)17)16-12-4-5-12/h11-12,16H,2-10H2,1H3,(H2,15,17). The van der Waals surface area contributed by atoms with Gasteiger partial charge in [0.15, 0.2) is 0 Å². The maximum Gasteiger partial charge on any atom is 0.238 e. The molecule has 0 spiro atoms. The molecule has 0 bridgehead atoms. The Labute approximate surface area is 115 Å². The molecule has 19 heavy (non-hydrogen) atoms. The predicted octanol–water partition coefficient (Wildman–Crippen LogP) is 0.816. The van der Waals surface area contributed by atoms with Crippen molar-refractivity contribution in [3.8, 4) is 0 Å². The number of carbonyl (C=O) groups excluding carboxylic acids is 1. The van der Waals surface area contributed by atoms with Gasteiger partial charge in [0.25, 0.3) is 0 Å². The number of primary amides is 1. The average Bonchev–Trinajstić information content (AvgIpc) is 3.09. The molecule has 0 saturated heterocycles. The number of rotatable bonds is 9. The first-order valence-electron chi connectivity index (χ1n) is 7.33. The minimum absolute atomic E-state index is 0.182. The van der Waals surface area contributed by atoms with Gasteiger partial charge >= 0.3 is 0 Å². The first-order valence-corrected chi connectivity index (χ1v) is 7.33. The zero-order valence-electron chi connectivity index (χ0n) is 11.8. The third kappa shape index (κ3) is 3.68. The maximum absolute atomic E-state index is 11.9. The van der Waals surface area contributed by atoms with E-state index < -0.39 is 5.54 Å². The molecule has 2 aliphatic carbocycles. The van der Waals surface area contributed by atoms with Crippen LogP contribution in [0.3, 0.4) is 0 Å². The molecule has 0 aromatic rings. The van der Waals surface area contributed by atoms with Crippen molar-refractivity contribution >= 4 is 5.91 Å². The van der Waals surface area contributed by atoms with Crippen molar-refractivity contribution in [1.29, 1.82) is 0 Å². The van der Waals surface area contributed by atoms with Crippen molar-refractivity contribution in [2.75, 3.05) is 26.9 Å². The van der Waals surface area contributed by atoms with E-state index >= 15 is 0 Å².